The lowest BCUT2D eigenvalue weighted by Gasteiger charge is -2.49. The summed E-state index contributed by atoms with van der Waals surface area (Å²) in [7, 11) is 6.45. The van der Waals surface area contributed by atoms with Gasteiger partial charge in [0.25, 0.3) is 0 Å². The van der Waals surface area contributed by atoms with E-state index in [2.05, 4.69) is 6.92 Å². The first-order valence-electron chi connectivity index (χ1n) is 13.8. The van der Waals surface area contributed by atoms with E-state index < -0.39 is 16.9 Å². The fraction of sp³-hybridized carbons (Fsp3) is 0.250. The Morgan fingerprint density at radius 3 is 1.50 bits per heavy atom. The molecule has 0 aliphatic heterocycles. The minimum Gasteiger partial charge on any atom is -0.497 e. The predicted octanol–water partition coefficient (Wildman–Crippen LogP) is 6.85. The molecule has 6 nitrogen and oxygen atoms in total. The summed E-state index contributed by atoms with van der Waals surface area (Å²) in [6.07, 6.45) is 2.37. The quantitative estimate of drug-likeness (QED) is 0.224. The van der Waals surface area contributed by atoms with Gasteiger partial charge in [-0.3, -0.25) is 4.79 Å². The molecule has 4 aromatic rings. The Balaban J connectivity index is 1.76. The predicted molar refractivity (Wildman–Crippen MR) is 164 cm³/mol. The van der Waals surface area contributed by atoms with E-state index in [0.29, 0.717) is 34.8 Å². The molecule has 4 aromatic carbocycles. The summed E-state index contributed by atoms with van der Waals surface area (Å²) < 4.78 is 21.6. The molecular weight excluding hydrogens is 528 g/mol. The first-order chi connectivity index (χ1) is 20.2. The molecule has 5 rings (SSSR count). The maximum absolute atomic E-state index is 14.7. The standard InChI is InChI=1S/C36H36O6/c1-35(27-10-18-31(41-4)19-11-27)22-26(24-6-14-29(39-2)15-7-24)23-36(38,28-12-20-32(42-5)21-13-28)34(35)33(37)25-8-16-30(40-3)17-9-25/h6-21,23,34,38H,22H2,1-5H3/t34-,35+,36+/m0/s1. The number of carbonyl (C=O) groups excluding carboxylic acids is 1. The van der Waals surface area contributed by atoms with E-state index in [1.165, 1.54) is 0 Å². The summed E-state index contributed by atoms with van der Waals surface area (Å²) in [6, 6.07) is 29.9. The highest BCUT2D eigenvalue weighted by atomic mass is 16.5. The number of ketones is 1. The molecule has 6 heteroatoms. The highest BCUT2D eigenvalue weighted by molar-refractivity contribution is 6.01. The molecule has 0 fully saturated rings. The summed E-state index contributed by atoms with van der Waals surface area (Å²) in [5.74, 6) is 1.73. The largest absolute Gasteiger partial charge is 0.497 e. The second kappa shape index (κ2) is 11.7. The molecule has 0 amide bonds. The summed E-state index contributed by atoms with van der Waals surface area (Å²) in [5.41, 5.74) is 1.40. The second-order valence-corrected chi connectivity index (χ2v) is 10.8. The first-order valence-corrected chi connectivity index (χ1v) is 13.8. The highest BCUT2D eigenvalue weighted by Crippen LogP contribution is 2.55. The second-order valence-electron chi connectivity index (χ2n) is 10.8. The fourth-order valence-electron chi connectivity index (χ4n) is 6.13. The Morgan fingerprint density at radius 2 is 1.05 bits per heavy atom. The minimum atomic E-state index is -1.66. The van der Waals surface area contributed by atoms with Crippen molar-refractivity contribution in [3.8, 4) is 23.0 Å². The smallest absolute Gasteiger partial charge is 0.170 e. The lowest BCUT2D eigenvalue weighted by molar-refractivity contribution is -0.00848. The van der Waals surface area contributed by atoms with Crippen LogP contribution in [-0.2, 0) is 11.0 Å². The molecule has 216 valence electrons. The number of methoxy groups -OCH3 is 4. The van der Waals surface area contributed by atoms with Crippen LogP contribution in [0.25, 0.3) is 5.57 Å². The molecule has 1 N–H and O–H groups in total. The van der Waals surface area contributed by atoms with Gasteiger partial charge in [0.15, 0.2) is 5.78 Å². The van der Waals surface area contributed by atoms with Gasteiger partial charge in [-0.1, -0.05) is 43.3 Å². The zero-order valence-electron chi connectivity index (χ0n) is 24.6. The average Bonchev–Trinajstić information content (AvgIpc) is 3.04. The summed E-state index contributed by atoms with van der Waals surface area (Å²) in [5, 5.41) is 12.9. The number of benzene rings is 4. The molecule has 0 heterocycles. The molecule has 1 aliphatic carbocycles. The summed E-state index contributed by atoms with van der Waals surface area (Å²) >= 11 is 0. The molecule has 0 unspecified atom stereocenters. The van der Waals surface area contributed by atoms with Crippen molar-refractivity contribution in [2.24, 2.45) is 5.92 Å². The van der Waals surface area contributed by atoms with E-state index in [1.54, 1.807) is 52.7 Å². The maximum atomic E-state index is 14.7. The van der Waals surface area contributed by atoms with Gasteiger partial charge < -0.3 is 24.1 Å². The molecule has 0 spiro atoms. The van der Waals surface area contributed by atoms with Crippen molar-refractivity contribution in [1.29, 1.82) is 0 Å². The number of Topliss-reactive ketones (excluding diaryl/α,β-unsaturated/α-hetero) is 1. The Kier molecular flexibility index (Phi) is 8.10. The van der Waals surface area contributed by atoms with E-state index in [1.807, 2.05) is 78.9 Å². The van der Waals surface area contributed by atoms with Gasteiger partial charge in [-0.2, -0.15) is 0 Å². The molecule has 0 saturated carbocycles. The Labute approximate surface area is 247 Å². The number of rotatable bonds is 9. The van der Waals surface area contributed by atoms with Crippen LogP contribution in [0.3, 0.4) is 0 Å². The van der Waals surface area contributed by atoms with Crippen molar-refractivity contribution >= 4 is 11.4 Å². The highest BCUT2D eigenvalue weighted by Gasteiger charge is 2.55. The van der Waals surface area contributed by atoms with Crippen LogP contribution in [0.4, 0.5) is 0 Å². The zero-order chi connectivity index (χ0) is 29.9. The van der Waals surface area contributed by atoms with Crippen LogP contribution < -0.4 is 18.9 Å². The van der Waals surface area contributed by atoms with Gasteiger partial charge in [0, 0.05) is 11.0 Å². The minimum absolute atomic E-state index is 0.167. The normalized spacial score (nSPS) is 21.7. The summed E-state index contributed by atoms with van der Waals surface area (Å²) in [4.78, 5) is 14.7. The van der Waals surface area contributed by atoms with Gasteiger partial charge in [-0.25, -0.2) is 0 Å². The van der Waals surface area contributed by atoms with Gasteiger partial charge in [-0.05, 0) is 95.4 Å². The molecule has 0 saturated heterocycles. The molecular formula is C36H36O6. The molecule has 0 bridgehead atoms. The zero-order valence-corrected chi connectivity index (χ0v) is 24.6. The van der Waals surface area contributed by atoms with Crippen LogP contribution in [0.2, 0.25) is 0 Å². The van der Waals surface area contributed by atoms with Crippen LogP contribution in [0.1, 0.15) is 40.4 Å². The number of allylic oxidation sites excluding steroid dienone is 1. The van der Waals surface area contributed by atoms with Crippen molar-refractivity contribution in [2.75, 3.05) is 28.4 Å². The van der Waals surface area contributed by atoms with Crippen molar-refractivity contribution in [3.05, 3.63) is 125 Å². The van der Waals surface area contributed by atoms with E-state index in [4.69, 9.17) is 18.9 Å². The number of ether oxygens (including phenoxy) is 4. The topological polar surface area (TPSA) is 74.2 Å². The summed E-state index contributed by atoms with van der Waals surface area (Å²) in [6.45, 7) is 2.06. The third-order valence-corrected chi connectivity index (χ3v) is 8.43. The number of hydrogen-bond acceptors (Lipinski definition) is 6. The van der Waals surface area contributed by atoms with Crippen LogP contribution in [0.15, 0.2) is 103 Å². The SMILES string of the molecule is COc1ccc(C(=O)[C@@H]2[C@](O)(c3ccc(OC)cc3)C=C(c3ccc(OC)cc3)C[C@]2(C)c2ccc(OC)cc2)cc1. The van der Waals surface area contributed by atoms with Crippen LogP contribution in [0.5, 0.6) is 23.0 Å². The van der Waals surface area contributed by atoms with Crippen molar-refractivity contribution in [2.45, 2.75) is 24.4 Å². The molecule has 1 aliphatic rings. The van der Waals surface area contributed by atoms with E-state index in [-0.39, 0.29) is 5.78 Å². The van der Waals surface area contributed by atoms with Gasteiger partial charge in [0.05, 0.1) is 34.4 Å². The molecule has 42 heavy (non-hydrogen) atoms. The van der Waals surface area contributed by atoms with Crippen LogP contribution in [-0.4, -0.2) is 39.3 Å². The van der Waals surface area contributed by atoms with Crippen LogP contribution in [0, 0.1) is 5.92 Å². The molecule has 3 atom stereocenters. The fourth-order valence-corrected chi connectivity index (χ4v) is 6.13. The van der Waals surface area contributed by atoms with Gasteiger partial charge >= 0.3 is 0 Å². The first kappa shape index (κ1) is 29.0. The van der Waals surface area contributed by atoms with E-state index >= 15 is 0 Å². The van der Waals surface area contributed by atoms with Crippen molar-refractivity contribution in [1.82, 2.24) is 0 Å². The monoisotopic (exact) mass is 564 g/mol. The molecule has 0 radical (unpaired) electrons. The number of hydrogen-bond donors (Lipinski definition) is 1. The van der Waals surface area contributed by atoms with Crippen LogP contribution >= 0.6 is 0 Å². The third kappa shape index (κ3) is 5.26. The van der Waals surface area contributed by atoms with Crippen molar-refractivity contribution < 1.29 is 28.8 Å². The molecule has 0 aromatic heterocycles. The van der Waals surface area contributed by atoms with Gasteiger partial charge in [0.1, 0.15) is 28.6 Å². The lowest BCUT2D eigenvalue weighted by atomic mass is 9.54. The van der Waals surface area contributed by atoms with Gasteiger partial charge in [-0.15, -0.1) is 0 Å². The van der Waals surface area contributed by atoms with Gasteiger partial charge in [0.2, 0.25) is 0 Å². The van der Waals surface area contributed by atoms with E-state index in [0.717, 1.165) is 22.4 Å². The lowest BCUT2D eigenvalue weighted by Crippen LogP contribution is -2.53. The van der Waals surface area contributed by atoms with Crippen molar-refractivity contribution in [3.63, 3.8) is 0 Å². The van der Waals surface area contributed by atoms with E-state index in [9.17, 15) is 9.90 Å². The third-order valence-electron chi connectivity index (χ3n) is 8.43. The maximum Gasteiger partial charge on any atom is 0.170 e. The Hall–Kier alpha value is -4.55. The Morgan fingerprint density at radius 1 is 0.643 bits per heavy atom. The number of carbonyl (C=O) groups is 1. The number of aliphatic hydroxyl groups is 1. The Bertz CT molecular complexity index is 1560. The average molecular weight is 565 g/mol.